The third-order valence-electron chi connectivity index (χ3n) is 3.06. The van der Waals surface area contributed by atoms with Gasteiger partial charge >= 0.3 is 0 Å². The van der Waals surface area contributed by atoms with Crippen LogP contribution in [0.15, 0.2) is 48.8 Å². The van der Waals surface area contributed by atoms with E-state index in [0.717, 1.165) is 31.7 Å². The van der Waals surface area contributed by atoms with Crippen LogP contribution in [0.25, 0.3) is 0 Å². The molecule has 0 atom stereocenters. The van der Waals surface area contributed by atoms with Crippen molar-refractivity contribution in [1.29, 1.82) is 0 Å². The van der Waals surface area contributed by atoms with E-state index in [0.29, 0.717) is 6.61 Å². The first-order valence-corrected chi connectivity index (χ1v) is 7.20. The van der Waals surface area contributed by atoms with Crippen molar-refractivity contribution in [3.05, 3.63) is 59.9 Å². The quantitative estimate of drug-likeness (QED) is 0.748. The molecule has 0 aliphatic heterocycles. The molecule has 1 aromatic heterocycles. The summed E-state index contributed by atoms with van der Waals surface area (Å²) in [7, 11) is 0. The molecule has 0 aliphatic carbocycles. The first-order chi connectivity index (χ1) is 9.88. The number of nitrogens with one attached hydrogen (secondary N) is 1. The van der Waals surface area contributed by atoms with E-state index in [1.54, 1.807) is 6.20 Å². The Labute approximate surface area is 121 Å². The van der Waals surface area contributed by atoms with E-state index >= 15 is 0 Å². The van der Waals surface area contributed by atoms with Crippen LogP contribution in [0.2, 0.25) is 0 Å². The highest BCUT2D eigenvalue weighted by atomic mass is 16.5. The average Bonchev–Trinajstić information content (AvgIpc) is 2.50. The molecular weight excluding hydrogens is 248 g/mol. The van der Waals surface area contributed by atoms with Crippen molar-refractivity contribution in [2.45, 2.75) is 26.3 Å². The number of benzene rings is 1. The Balaban J connectivity index is 1.73. The van der Waals surface area contributed by atoms with Crippen LogP contribution in [0.3, 0.4) is 0 Å². The fourth-order valence-electron chi connectivity index (χ4n) is 1.95. The molecule has 0 fully saturated rings. The Hall–Kier alpha value is -1.87. The molecule has 1 N–H and O–H groups in total. The van der Waals surface area contributed by atoms with Crippen molar-refractivity contribution in [1.82, 2.24) is 10.3 Å². The molecule has 0 saturated carbocycles. The summed E-state index contributed by atoms with van der Waals surface area (Å²) in [5.74, 6) is 0.924. The first-order valence-electron chi connectivity index (χ1n) is 7.20. The highest BCUT2D eigenvalue weighted by molar-refractivity contribution is 5.27. The molecule has 0 unspecified atom stereocenters. The third kappa shape index (κ3) is 5.02. The summed E-state index contributed by atoms with van der Waals surface area (Å²) in [4.78, 5) is 4.09. The van der Waals surface area contributed by atoms with Crippen LogP contribution in [-0.2, 0) is 13.0 Å². The Morgan fingerprint density at radius 3 is 2.65 bits per heavy atom. The summed E-state index contributed by atoms with van der Waals surface area (Å²) in [6.07, 6.45) is 5.71. The van der Waals surface area contributed by atoms with Gasteiger partial charge in [-0.25, -0.2) is 0 Å². The number of hydrogen-bond donors (Lipinski definition) is 1. The molecule has 0 spiro atoms. The van der Waals surface area contributed by atoms with Crippen LogP contribution in [0.1, 0.15) is 24.5 Å². The van der Waals surface area contributed by atoms with Gasteiger partial charge < -0.3 is 10.1 Å². The summed E-state index contributed by atoms with van der Waals surface area (Å²) in [6, 6.07) is 12.3. The number of aromatic nitrogens is 1. The molecule has 0 radical (unpaired) electrons. The maximum absolute atomic E-state index is 5.74. The lowest BCUT2D eigenvalue weighted by Gasteiger charge is -2.08. The lowest BCUT2D eigenvalue weighted by atomic mass is 10.2. The van der Waals surface area contributed by atoms with Gasteiger partial charge in [0.1, 0.15) is 5.75 Å². The zero-order valence-corrected chi connectivity index (χ0v) is 12.0. The fraction of sp³-hybridized carbons (Fsp3) is 0.353. The van der Waals surface area contributed by atoms with Crippen molar-refractivity contribution in [2.24, 2.45) is 0 Å². The lowest BCUT2D eigenvalue weighted by molar-refractivity contribution is 0.321. The highest BCUT2D eigenvalue weighted by Gasteiger charge is 1.97. The number of ether oxygens (including phenoxy) is 1. The van der Waals surface area contributed by atoms with Gasteiger partial charge in [0.25, 0.3) is 0 Å². The van der Waals surface area contributed by atoms with Crippen LogP contribution >= 0.6 is 0 Å². The van der Waals surface area contributed by atoms with Crippen molar-refractivity contribution in [3.8, 4) is 5.75 Å². The van der Waals surface area contributed by atoms with Crippen molar-refractivity contribution in [2.75, 3.05) is 13.2 Å². The van der Waals surface area contributed by atoms with Gasteiger partial charge in [-0.15, -0.1) is 0 Å². The molecular formula is C17H22N2O. The Morgan fingerprint density at radius 2 is 1.95 bits per heavy atom. The van der Waals surface area contributed by atoms with E-state index in [4.69, 9.17) is 4.74 Å². The van der Waals surface area contributed by atoms with Gasteiger partial charge in [0.05, 0.1) is 6.61 Å². The number of nitrogens with zero attached hydrogens (tertiary/aromatic N) is 1. The number of rotatable bonds is 8. The largest absolute Gasteiger partial charge is 0.493 e. The number of pyridine rings is 1. The zero-order valence-electron chi connectivity index (χ0n) is 12.0. The van der Waals surface area contributed by atoms with Gasteiger partial charge in [-0.1, -0.05) is 25.1 Å². The van der Waals surface area contributed by atoms with Gasteiger partial charge in [0.15, 0.2) is 0 Å². The van der Waals surface area contributed by atoms with Crippen LogP contribution in [0.4, 0.5) is 0 Å². The van der Waals surface area contributed by atoms with Gasteiger partial charge in [-0.2, -0.15) is 0 Å². The van der Waals surface area contributed by atoms with Crippen LogP contribution in [0.5, 0.6) is 5.75 Å². The summed E-state index contributed by atoms with van der Waals surface area (Å²) in [6.45, 7) is 4.83. The molecule has 1 aromatic carbocycles. The summed E-state index contributed by atoms with van der Waals surface area (Å²) in [5.41, 5.74) is 2.49. The van der Waals surface area contributed by atoms with E-state index in [1.807, 2.05) is 24.4 Å². The second kappa shape index (κ2) is 8.33. The smallest absolute Gasteiger partial charge is 0.119 e. The molecule has 3 heteroatoms. The molecule has 2 aromatic rings. The average molecular weight is 270 g/mol. The topological polar surface area (TPSA) is 34.1 Å². The van der Waals surface area contributed by atoms with E-state index in [2.05, 4.69) is 35.4 Å². The second-order valence-electron chi connectivity index (χ2n) is 4.78. The van der Waals surface area contributed by atoms with Crippen molar-refractivity contribution in [3.63, 3.8) is 0 Å². The van der Waals surface area contributed by atoms with E-state index in [1.165, 1.54) is 11.1 Å². The highest BCUT2D eigenvalue weighted by Crippen LogP contribution is 2.12. The second-order valence-corrected chi connectivity index (χ2v) is 4.78. The molecule has 3 nitrogen and oxygen atoms in total. The Kier molecular flexibility index (Phi) is 6.06. The summed E-state index contributed by atoms with van der Waals surface area (Å²) < 4.78 is 5.74. The minimum absolute atomic E-state index is 0.680. The normalized spacial score (nSPS) is 10.4. The first kappa shape index (κ1) is 14.5. The molecule has 0 amide bonds. The molecule has 106 valence electrons. The SMILES string of the molecule is CCCNCc1ccc(OCCc2cccnc2)cc1. The van der Waals surface area contributed by atoms with Crippen LogP contribution in [0, 0.1) is 0 Å². The molecule has 20 heavy (non-hydrogen) atoms. The number of hydrogen-bond acceptors (Lipinski definition) is 3. The molecule has 1 heterocycles. The zero-order chi connectivity index (χ0) is 14.0. The fourth-order valence-corrected chi connectivity index (χ4v) is 1.95. The Bertz CT molecular complexity index is 482. The Morgan fingerprint density at radius 1 is 1.10 bits per heavy atom. The predicted octanol–water partition coefficient (Wildman–Crippen LogP) is 3.20. The van der Waals surface area contributed by atoms with Gasteiger partial charge in [0.2, 0.25) is 0 Å². The third-order valence-corrected chi connectivity index (χ3v) is 3.06. The minimum atomic E-state index is 0.680. The standard InChI is InChI=1S/C17H22N2O/c1-2-10-18-14-16-5-7-17(8-6-16)20-12-9-15-4-3-11-19-13-15/h3-8,11,13,18H,2,9-10,12,14H2,1H3. The van der Waals surface area contributed by atoms with E-state index in [9.17, 15) is 0 Å². The van der Waals surface area contributed by atoms with Crippen LogP contribution in [-0.4, -0.2) is 18.1 Å². The molecule has 0 aliphatic rings. The van der Waals surface area contributed by atoms with Gasteiger partial charge in [-0.3, -0.25) is 4.98 Å². The van der Waals surface area contributed by atoms with Crippen LogP contribution < -0.4 is 10.1 Å². The van der Waals surface area contributed by atoms with E-state index in [-0.39, 0.29) is 0 Å². The predicted molar refractivity (Wildman–Crippen MR) is 81.9 cm³/mol. The molecule has 0 saturated heterocycles. The van der Waals surface area contributed by atoms with Crippen molar-refractivity contribution < 1.29 is 4.74 Å². The van der Waals surface area contributed by atoms with Gasteiger partial charge in [0, 0.05) is 25.4 Å². The molecule has 0 bridgehead atoms. The lowest BCUT2D eigenvalue weighted by Crippen LogP contribution is -2.13. The monoisotopic (exact) mass is 270 g/mol. The maximum atomic E-state index is 5.74. The van der Waals surface area contributed by atoms with E-state index < -0.39 is 0 Å². The summed E-state index contributed by atoms with van der Waals surface area (Å²) >= 11 is 0. The molecule has 2 rings (SSSR count). The summed E-state index contributed by atoms with van der Waals surface area (Å²) in [5, 5.41) is 3.39. The maximum Gasteiger partial charge on any atom is 0.119 e. The van der Waals surface area contributed by atoms with Crippen molar-refractivity contribution >= 4 is 0 Å². The minimum Gasteiger partial charge on any atom is -0.493 e. The van der Waals surface area contributed by atoms with Gasteiger partial charge in [-0.05, 0) is 42.3 Å².